The Kier molecular flexibility index (Phi) is 3.24. The van der Waals surface area contributed by atoms with E-state index in [0.717, 1.165) is 17.2 Å². The van der Waals surface area contributed by atoms with Crippen LogP contribution < -0.4 is 5.73 Å². The number of aryl methyl sites for hydroxylation is 2. The Hall–Kier alpha value is -1.68. The van der Waals surface area contributed by atoms with E-state index in [4.69, 9.17) is 5.73 Å². The van der Waals surface area contributed by atoms with Gasteiger partial charge in [-0.25, -0.2) is 9.67 Å². The molecule has 0 amide bonds. The van der Waals surface area contributed by atoms with Gasteiger partial charge in [-0.1, -0.05) is 24.3 Å². The summed E-state index contributed by atoms with van der Waals surface area (Å²) >= 11 is 0. The number of nitrogens with zero attached hydrogens (tertiary/aromatic N) is 3. The van der Waals surface area contributed by atoms with Gasteiger partial charge in [0, 0.05) is 25.1 Å². The van der Waals surface area contributed by atoms with Crippen LogP contribution in [-0.4, -0.2) is 20.8 Å². The Morgan fingerprint density at radius 2 is 2.06 bits per heavy atom. The summed E-state index contributed by atoms with van der Waals surface area (Å²) in [7, 11) is 1.92. The van der Waals surface area contributed by atoms with Gasteiger partial charge in [-0.2, -0.15) is 5.10 Å². The molecule has 0 saturated carbocycles. The molecule has 2 N–H and O–H groups in total. The van der Waals surface area contributed by atoms with Crippen LogP contribution in [0, 0.1) is 6.92 Å². The normalized spacial score (nSPS) is 12.7. The minimum Gasteiger partial charge on any atom is -0.328 e. The molecule has 2 aromatic rings. The van der Waals surface area contributed by atoms with E-state index in [1.54, 1.807) is 0 Å². The molecule has 0 radical (unpaired) electrons. The SMILES string of the molecule is Cc1ccccc1-c1nc(CC(C)N)nn1C. The Balaban J connectivity index is 2.40. The zero-order chi connectivity index (χ0) is 12.4. The van der Waals surface area contributed by atoms with Crippen molar-refractivity contribution >= 4 is 0 Å². The van der Waals surface area contributed by atoms with E-state index < -0.39 is 0 Å². The summed E-state index contributed by atoms with van der Waals surface area (Å²) in [6.07, 6.45) is 0.708. The molecule has 0 bridgehead atoms. The average Bonchev–Trinajstić information content (AvgIpc) is 2.59. The highest BCUT2D eigenvalue weighted by Crippen LogP contribution is 2.20. The quantitative estimate of drug-likeness (QED) is 0.872. The molecule has 0 fully saturated rings. The molecule has 2 rings (SSSR count). The molecule has 0 saturated heterocycles. The first kappa shape index (κ1) is 11.8. The predicted molar refractivity (Wildman–Crippen MR) is 68.5 cm³/mol. The third kappa shape index (κ3) is 2.53. The van der Waals surface area contributed by atoms with E-state index in [-0.39, 0.29) is 6.04 Å². The van der Waals surface area contributed by atoms with Gasteiger partial charge in [-0.05, 0) is 19.4 Å². The van der Waals surface area contributed by atoms with E-state index in [9.17, 15) is 0 Å². The Morgan fingerprint density at radius 3 is 2.71 bits per heavy atom. The summed E-state index contributed by atoms with van der Waals surface area (Å²) in [4.78, 5) is 4.55. The fraction of sp³-hybridized carbons (Fsp3) is 0.385. The molecule has 1 unspecified atom stereocenters. The summed E-state index contributed by atoms with van der Waals surface area (Å²) in [6, 6.07) is 8.27. The summed E-state index contributed by atoms with van der Waals surface area (Å²) in [5, 5.41) is 4.39. The summed E-state index contributed by atoms with van der Waals surface area (Å²) < 4.78 is 1.82. The van der Waals surface area contributed by atoms with Crippen molar-refractivity contribution < 1.29 is 0 Å². The van der Waals surface area contributed by atoms with Gasteiger partial charge in [-0.15, -0.1) is 0 Å². The number of hydrogen-bond acceptors (Lipinski definition) is 3. The second-order valence-corrected chi connectivity index (χ2v) is 4.47. The first-order valence-corrected chi connectivity index (χ1v) is 5.79. The van der Waals surface area contributed by atoms with Crippen LogP contribution in [0.4, 0.5) is 0 Å². The minimum atomic E-state index is 0.0853. The van der Waals surface area contributed by atoms with Crippen LogP contribution in [0.5, 0.6) is 0 Å². The predicted octanol–water partition coefficient (Wildman–Crippen LogP) is 1.68. The summed E-state index contributed by atoms with van der Waals surface area (Å²) in [6.45, 7) is 4.04. The average molecular weight is 230 g/mol. The van der Waals surface area contributed by atoms with Crippen LogP contribution in [0.3, 0.4) is 0 Å². The van der Waals surface area contributed by atoms with Crippen molar-refractivity contribution in [3.8, 4) is 11.4 Å². The van der Waals surface area contributed by atoms with Crippen LogP contribution >= 0.6 is 0 Å². The Morgan fingerprint density at radius 1 is 1.35 bits per heavy atom. The standard InChI is InChI=1S/C13H18N4/c1-9-6-4-5-7-11(9)13-15-12(8-10(2)14)16-17(13)3/h4-7,10H,8,14H2,1-3H3. The van der Waals surface area contributed by atoms with Gasteiger partial charge >= 0.3 is 0 Å². The molecular formula is C13H18N4. The van der Waals surface area contributed by atoms with Crippen molar-refractivity contribution in [1.29, 1.82) is 0 Å². The third-order valence-electron chi connectivity index (χ3n) is 2.70. The molecule has 4 nitrogen and oxygen atoms in total. The second kappa shape index (κ2) is 4.67. The van der Waals surface area contributed by atoms with Crippen LogP contribution in [0.25, 0.3) is 11.4 Å². The smallest absolute Gasteiger partial charge is 0.158 e. The van der Waals surface area contributed by atoms with E-state index in [0.29, 0.717) is 6.42 Å². The fourth-order valence-corrected chi connectivity index (χ4v) is 1.87. The van der Waals surface area contributed by atoms with Gasteiger partial charge in [0.2, 0.25) is 0 Å². The van der Waals surface area contributed by atoms with Crippen LogP contribution in [-0.2, 0) is 13.5 Å². The van der Waals surface area contributed by atoms with Crippen LogP contribution in [0.2, 0.25) is 0 Å². The fourth-order valence-electron chi connectivity index (χ4n) is 1.87. The maximum atomic E-state index is 5.76. The third-order valence-corrected chi connectivity index (χ3v) is 2.70. The molecule has 1 aromatic heterocycles. The van der Waals surface area contributed by atoms with E-state index in [1.807, 2.05) is 30.8 Å². The van der Waals surface area contributed by atoms with Gasteiger partial charge in [-0.3, -0.25) is 0 Å². The summed E-state index contributed by atoms with van der Waals surface area (Å²) in [5.74, 6) is 1.71. The molecule has 90 valence electrons. The lowest BCUT2D eigenvalue weighted by Crippen LogP contribution is -2.18. The zero-order valence-electron chi connectivity index (χ0n) is 10.5. The van der Waals surface area contributed by atoms with Gasteiger partial charge in [0.25, 0.3) is 0 Å². The Bertz CT molecular complexity index is 514. The molecule has 0 spiro atoms. The van der Waals surface area contributed by atoms with Crippen molar-refractivity contribution in [3.05, 3.63) is 35.7 Å². The topological polar surface area (TPSA) is 56.7 Å². The van der Waals surface area contributed by atoms with Gasteiger partial charge in [0.05, 0.1) is 0 Å². The molecule has 0 aliphatic carbocycles. The summed E-state index contributed by atoms with van der Waals surface area (Å²) in [5.41, 5.74) is 8.09. The molecule has 0 aliphatic rings. The first-order valence-electron chi connectivity index (χ1n) is 5.79. The highest BCUT2D eigenvalue weighted by Gasteiger charge is 2.11. The number of nitrogens with two attached hydrogens (primary N) is 1. The van der Waals surface area contributed by atoms with Crippen molar-refractivity contribution in [2.75, 3.05) is 0 Å². The monoisotopic (exact) mass is 230 g/mol. The van der Waals surface area contributed by atoms with Crippen molar-refractivity contribution in [1.82, 2.24) is 14.8 Å². The van der Waals surface area contributed by atoms with E-state index in [1.165, 1.54) is 5.56 Å². The van der Waals surface area contributed by atoms with Gasteiger partial charge < -0.3 is 5.73 Å². The number of benzene rings is 1. The second-order valence-electron chi connectivity index (χ2n) is 4.47. The first-order chi connectivity index (χ1) is 8.08. The lowest BCUT2D eigenvalue weighted by Gasteiger charge is -2.03. The zero-order valence-corrected chi connectivity index (χ0v) is 10.5. The number of hydrogen-bond donors (Lipinski definition) is 1. The maximum absolute atomic E-state index is 5.76. The molecule has 0 aliphatic heterocycles. The highest BCUT2D eigenvalue weighted by molar-refractivity contribution is 5.59. The van der Waals surface area contributed by atoms with Crippen LogP contribution in [0.1, 0.15) is 18.3 Å². The molecule has 17 heavy (non-hydrogen) atoms. The molecule has 4 heteroatoms. The minimum absolute atomic E-state index is 0.0853. The molecular weight excluding hydrogens is 212 g/mol. The maximum Gasteiger partial charge on any atom is 0.158 e. The van der Waals surface area contributed by atoms with Gasteiger partial charge in [0.1, 0.15) is 0 Å². The molecule has 1 aromatic carbocycles. The van der Waals surface area contributed by atoms with E-state index >= 15 is 0 Å². The van der Waals surface area contributed by atoms with E-state index in [2.05, 4.69) is 29.1 Å². The lowest BCUT2D eigenvalue weighted by atomic mass is 10.1. The lowest BCUT2D eigenvalue weighted by molar-refractivity contribution is 0.681. The van der Waals surface area contributed by atoms with Crippen molar-refractivity contribution in [2.45, 2.75) is 26.3 Å². The highest BCUT2D eigenvalue weighted by atomic mass is 15.3. The number of aromatic nitrogens is 3. The molecule has 1 heterocycles. The largest absolute Gasteiger partial charge is 0.328 e. The number of rotatable bonds is 3. The van der Waals surface area contributed by atoms with Crippen LogP contribution in [0.15, 0.2) is 24.3 Å². The van der Waals surface area contributed by atoms with Crippen molar-refractivity contribution in [3.63, 3.8) is 0 Å². The molecule has 1 atom stereocenters. The van der Waals surface area contributed by atoms with Crippen molar-refractivity contribution in [2.24, 2.45) is 12.8 Å². The van der Waals surface area contributed by atoms with Gasteiger partial charge in [0.15, 0.2) is 11.6 Å². The Labute approximate surface area is 101 Å².